The SMILES string of the molecule is Cc1ccc2c(oc3c(-c4ccc5ccccc5c4)c(C#N)ccc32)c1-c1c[c]([Ge]([CH3])([CH3])[CH3])c(F)c[n+]1C. The van der Waals surface area contributed by atoms with Gasteiger partial charge < -0.3 is 0 Å². The van der Waals surface area contributed by atoms with Crippen LogP contribution in [0, 0.1) is 24.1 Å². The summed E-state index contributed by atoms with van der Waals surface area (Å²) in [5.74, 6) is 6.47. The van der Waals surface area contributed by atoms with Crippen LogP contribution in [-0.2, 0) is 7.05 Å². The van der Waals surface area contributed by atoms with Gasteiger partial charge in [0.15, 0.2) is 0 Å². The summed E-state index contributed by atoms with van der Waals surface area (Å²) < 4.78 is 24.5. The van der Waals surface area contributed by atoms with Gasteiger partial charge in [-0.05, 0) is 0 Å². The number of hydrogen-bond donors (Lipinski definition) is 0. The quantitative estimate of drug-likeness (QED) is 0.164. The molecule has 4 aromatic carbocycles. The van der Waals surface area contributed by atoms with Crippen LogP contribution in [0.25, 0.3) is 55.1 Å². The Morgan fingerprint density at radius 1 is 0.842 bits per heavy atom. The van der Waals surface area contributed by atoms with E-state index in [2.05, 4.69) is 72.7 Å². The van der Waals surface area contributed by atoms with E-state index < -0.39 is 13.3 Å². The van der Waals surface area contributed by atoms with Crippen LogP contribution in [0.2, 0.25) is 17.3 Å². The third-order valence-electron chi connectivity index (χ3n) is 7.47. The maximum atomic E-state index is 15.0. The molecule has 0 spiro atoms. The van der Waals surface area contributed by atoms with E-state index in [4.69, 9.17) is 4.42 Å². The van der Waals surface area contributed by atoms with Crippen LogP contribution in [-0.4, -0.2) is 13.3 Å². The van der Waals surface area contributed by atoms with Gasteiger partial charge in [0, 0.05) is 0 Å². The fraction of sp³-hybridized carbons (Fsp3) is 0.152. The molecule has 2 aromatic heterocycles. The van der Waals surface area contributed by atoms with Gasteiger partial charge in [-0.2, -0.15) is 0 Å². The van der Waals surface area contributed by atoms with Crippen LogP contribution < -0.4 is 8.96 Å². The van der Waals surface area contributed by atoms with Gasteiger partial charge in [0.25, 0.3) is 0 Å². The molecule has 5 heteroatoms. The summed E-state index contributed by atoms with van der Waals surface area (Å²) in [6.45, 7) is 2.06. The number of furan rings is 1. The first kappa shape index (κ1) is 24.4. The number of nitrogens with zero attached hydrogens (tertiary/aromatic N) is 2. The molecule has 0 saturated carbocycles. The second-order valence-corrected chi connectivity index (χ2v) is 21.6. The Balaban J connectivity index is 1.69. The van der Waals surface area contributed by atoms with Gasteiger partial charge in [-0.25, -0.2) is 0 Å². The topological polar surface area (TPSA) is 40.8 Å². The van der Waals surface area contributed by atoms with Crippen LogP contribution in [0.3, 0.4) is 0 Å². The fourth-order valence-corrected chi connectivity index (χ4v) is 8.32. The van der Waals surface area contributed by atoms with Crippen molar-refractivity contribution >= 4 is 50.4 Å². The van der Waals surface area contributed by atoms with Crippen LogP contribution >= 0.6 is 0 Å². The molecule has 0 atom stereocenters. The summed E-state index contributed by atoms with van der Waals surface area (Å²) in [6, 6.07) is 26.9. The number of hydrogen-bond acceptors (Lipinski definition) is 2. The zero-order valence-corrected chi connectivity index (χ0v) is 24.3. The summed E-state index contributed by atoms with van der Waals surface area (Å²) in [6.07, 6.45) is 1.59. The van der Waals surface area contributed by atoms with Gasteiger partial charge in [0.05, 0.1) is 0 Å². The molecular formula is C33H28FGeN2O+. The van der Waals surface area contributed by atoms with Crippen molar-refractivity contribution < 1.29 is 13.4 Å². The molecule has 0 aliphatic heterocycles. The number of rotatable bonds is 3. The van der Waals surface area contributed by atoms with E-state index in [1.165, 1.54) is 0 Å². The first-order chi connectivity index (χ1) is 18.2. The molecule has 0 saturated heterocycles. The Labute approximate surface area is 224 Å². The zero-order valence-electron chi connectivity index (χ0n) is 22.2. The number of benzene rings is 4. The first-order valence-electron chi connectivity index (χ1n) is 12.8. The summed E-state index contributed by atoms with van der Waals surface area (Å²) in [5, 5.41) is 14.2. The van der Waals surface area contributed by atoms with Gasteiger partial charge in [-0.1, -0.05) is 18.2 Å². The van der Waals surface area contributed by atoms with Crippen molar-refractivity contribution in [3.05, 3.63) is 95.9 Å². The van der Waals surface area contributed by atoms with Gasteiger partial charge >= 0.3 is 206 Å². The second kappa shape index (κ2) is 8.82. The van der Waals surface area contributed by atoms with Crippen molar-refractivity contribution in [2.75, 3.05) is 0 Å². The van der Waals surface area contributed by atoms with Gasteiger partial charge in [0.2, 0.25) is 0 Å². The predicted molar refractivity (Wildman–Crippen MR) is 156 cm³/mol. The van der Waals surface area contributed by atoms with Crippen molar-refractivity contribution in [1.29, 1.82) is 5.26 Å². The molecule has 6 rings (SSSR count). The number of fused-ring (bicyclic) bond motifs is 4. The molecule has 2 heterocycles. The summed E-state index contributed by atoms with van der Waals surface area (Å²) >= 11 is -2.47. The van der Waals surface area contributed by atoms with Gasteiger partial charge in [0.1, 0.15) is 0 Å². The van der Waals surface area contributed by atoms with Crippen molar-refractivity contribution in [2.24, 2.45) is 7.05 Å². The molecule has 186 valence electrons. The monoisotopic (exact) mass is 561 g/mol. The van der Waals surface area contributed by atoms with E-state index in [-0.39, 0.29) is 5.82 Å². The average Bonchev–Trinajstić information content (AvgIpc) is 3.26. The van der Waals surface area contributed by atoms with Crippen LogP contribution in [0.5, 0.6) is 0 Å². The molecule has 0 N–H and O–H groups in total. The van der Waals surface area contributed by atoms with E-state index in [1.807, 2.05) is 41.9 Å². The standard InChI is InChI=1S/C33H28FGeN2O/c1-20-10-14-25-26-15-13-24(18-36)31(23-12-11-21-8-6-7-9-22(21)16-23)33(26)38-32(25)30(20)29-17-28(35(2,3)4)27(34)19-37(29)5/h6-17,19H,1-5H3/q+1. The minimum atomic E-state index is -2.47. The molecular weight excluding hydrogens is 532 g/mol. The Bertz CT molecular complexity index is 1960. The Hall–Kier alpha value is -3.95. The summed E-state index contributed by atoms with van der Waals surface area (Å²) in [4.78, 5) is 0. The molecule has 3 nitrogen and oxygen atoms in total. The third-order valence-corrected chi connectivity index (χ3v) is 11.7. The van der Waals surface area contributed by atoms with Crippen molar-refractivity contribution in [3.8, 4) is 28.5 Å². The van der Waals surface area contributed by atoms with E-state index in [0.29, 0.717) is 11.1 Å². The Morgan fingerprint density at radius 3 is 2.24 bits per heavy atom. The van der Waals surface area contributed by atoms with Crippen molar-refractivity contribution in [2.45, 2.75) is 24.2 Å². The van der Waals surface area contributed by atoms with Crippen LogP contribution in [0.4, 0.5) is 4.39 Å². The predicted octanol–water partition coefficient (Wildman–Crippen LogP) is 7.76. The summed E-state index contributed by atoms with van der Waals surface area (Å²) in [5.41, 5.74) is 6.70. The molecule has 0 unspecified atom stereocenters. The number of halogens is 1. The van der Waals surface area contributed by atoms with E-state index in [9.17, 15) is 5.26 Å². The average molecular weight is 560 g/mol. The van der Waals surface area contributed by atoms with Crippen LogP contribution in [0.15, 0.2) is 83.4 Å². The minimum absolute atomic E-state index is 0.143. The number of aromatic nitrogens is 1. The molecule has 6 aromatic rings. The number of nitriles is 1. The Kier molecular flexibility index (Phi) is 5.66. The fourth-order valence-electron chi connectivity index (χ4n) is 5.48. The molecule has 0 amide bonds. The van der Waals surface area contributed by atoms with Crippen molar-refractivity contribution in [1.82, 2.24) is 0 Å². The zero-order chi connectivity index (χ0) is 26.8. The molecule has 0 aliphatic carbocycles. The molecule has 0 radical (unpaired) electrons. The van der Waals surface area contributed by atoms with Crippen molar-refractivity contribution in [3.63, 3.8) is 0 Å². The Morgan fingerprint density at radius 2 is 1.53 bits per heavy atom. The van der Waals surface area contributed by atoms with Gasteiger partial charge in [-0.3, -0.25) is 0 Å². The molecule has 0 fully saturated rings. The van der Waals surface area contributed by atoms with Crippen LogP contribution in [0.1, 0.15) is 11.1 Å². The number of pyridine rings is 1. The molecule has 38 heavy (non-hydrogen) atoms. The molecule has 0 bridgehead atoms. The second-order valence-electron chi connectivity index (χ2n) is 11.1. The number of aryl methyl sites for hydroxylation is 2. The normalized spacial score (nSPS) is 11.9. The van der Waals surface area contributed by atoms with E-state index >= 15 is 4.39 Å². The molecule has 0 aliphatic rings. The third kappa shape index (κ3) is 3.81. The van der Waals surface area contributed by atoms with E-state index in [1.54, 1.807) is 6.20 Å². The van der Waals surface area contributed by atoms with Gasteiger partial charge in [-0.15, -0.1) is 0 Å². The maximum absolute atomic E-state index is 15.0. The van der Waals surface area contributed by atoms with E-state index in [0.717, 1.165) is 59.5 Å². The first-order valence-corrected chi connectivity index (χ1v) is 20.1. The summed E-state index contributed by atoms with van der Waals surface area (Å²) in [7, 11) is 1.88.